The quantitative estimate of drug-likeness (QED) is 0.565. The van der Waals surface area contributed by atoms with Crippen LogP contribution in [0.3, 0.4) is 0 Å². The van der Waals surface area contributed by atoms with Crippen molar-refractivity contribution < 1.29 is 19.4 Å². The highest BCUT2D eigenvalue weighted by atomic mass is 16.5. The van der Waals surface area contributed by atoms with Gasteiger partial charge in [-0.1, -0.05) is 0 Å². The highest BCUT2D eigenvalue weighted by Gasteiger charge is 2.05. The van der Waals surface area contributed by atoms with E-state index in [4.69, 9.17) is 9.84 Å². The summed E-state index contributed by atoms with van der Waals surface area (Å²) in [5.41, 5.74) is 0.934. The van der Waals surface area contributed by atoms with Gasteiger partial charge in [0.1, 0.15) is 0 Å². The summed E-state index contributed by atoms with van der Waals surface area (Å²) in [6, 6.07) is 1.57. The Morgan fingerprint density at radius 1 is 1.47 bits per heavy atom. The van der Waals surface area contributed by atoms with Crippen LogP contribution >= 0.6 is 0 Å². The number of rotatable bonds is 7. The number of nitrogens with zero attached hydrogens (tertiary/aromatic N) is 1. The molecule has 0 aromatic carbocycles. The number of aromatic nitrogens is 1. The molecule has 0 fully saturated rings. The Bertz CT molecular complexity index is 471. The van der Waals surface area contributed by atoms with Gasteiger partial charge in [-0.2, -0.15) is 0 Å². The number of amides is 1. The molecule has 6 nitrogen and oxygen atoms in total. The molecule has 1 heterocycles. The lowest BCUT2D eigenvalue weighted by atomic mass is 10.2. The van der Waals surface area contributed by atoms with E-state index in [1.165, 1.54) is 18.5 Å². The van der Waals surface area contributed by atoms with Gasteiger partial charge < -0.3 is 15.2 Å². The van der Waals surface area contributed by atoms with Crippen molar-refractivity contribution in [3.8, 4) is 0 Å². The van der Waals surface area contributed by atoms with Gasteiger partial charge >= 0.3 is 5.97 Å². The van der Waals surface area contributed by atoms with Crippen LogP contribution in [0.5, 0.6) is 0 Å². The number of pyridine rings is 1. The Hall–Kier alpha value is -2.21. The number of aliphatic carboxylic acids is 1. The van der Waals surface area contributed by atoms with Crippen molar-refractivity contribution >= 4 is 18.0 Å². The molecule has 0 saturated heterocycles. The highest BCUT2D eigenvalue weighted by Crippen LogP contribution is 2.04. The fraction of sp³-hybridized carbons (Fsp3) is 0.308. The van der Waals surface area contributed by atoms with E-state index in [9.17, 15) is 9.59 Å². The van der Waals surface area contributed by atoms with Crippen LogP contribution in [0, 0.1) is 0 Å². The van der Waals surface area contributed by atoms with Crippen LogP contribution < -0.4 is 5.32 Å². The number of hydrogen-bond acceptors (Lipinski definition) is 4. The molecule has 0 unspecified atom stereocenters. The minimum atomic E-state index is -1.05. The van der Waals surface area contributed by atoms with E-state index in [1.807, 2.05) is 6.92 Å². The Morgan fingerprint density at radius 2 is 2.26 bits per heavy atom. The Kier molecular flexibility index (Phi) is 6.25. The van der Waals surface area contributed by atoms with E-state index in [2.05, 4.69) is 10.3 Å². The van der Waals surface area contributed by atoms with Gasteiger partial charge in [-0.25, -0.2) is 4.79 Å². The molecule has 1 rings (SSSR count). The molecule has 0 aliphatic heterocycles. The van der Waals surface area contributed by atoms with Crippen molar-refractivity contribution in [2.45, 2.75) is 6.92 Å². The lowest BCUT2D eigenvalue weighted by Gasteiger charge is -2.05. The number of carbonyl (C=O) groups is 2. The average Bonchev–Trinajstić information content (AvgIpc) is 2.41. The number of nitrogens with one attached hydrogen (secondary N) is 1. The van der Waals surface area contributed by atoms with E-state index in [-0.39, 0.29) is 5.91 Å². The minimum Gasteiger partial charge on any atom is -0.478 e. The van der Waals surface area contributed by atoms with Gasteiger partial charge in [0.05, 0.1) is 12.2 Å². The topological polar surface area (TPSA) is 88.5 Å². The number of carboxylic acid groups (broad SMARTS) is 1. The summed E-state index contributed by atoms with van der Waals surface area (Å²) in [6.45, 7) is 3.35. The number of hydrogen-bond donors (Lipinski definition) is 2. The summed E-state index contributed by atoms with van der Waals surface area (Å²) in [4.78, 5) is 26.0. The minimum absolute atomic E-state index is 0.266. The monoisotopic (exact) mass is 264 g/mol. The molecule has 6 heteroatoms. The maximum Gasteiger partial charge on any atom is 0.328 e. The fourth-order valence-electron chi connectivity index (χ4n) is 1.32. The first kappa shape index (κ1) is 14.8. The van der Waals surface area contributed by atoms with Crippen LogP contribution in [0.1, 0.15) is 22.8 Å². The zero-order valence-electron chi connectivity index (χ0n) is 10.6. The van der Waals surface area contributed by atoms with Crippen molar-refractivity contribution in [3.63, 3.8) is 0 Å². The molecule has 0 spiro atoms. The lowest BCUT2D eigenvalue weighted by molar-refractivity contribution is -0.131. The van der Waals surface area contributed by atoms with Gasteiger partial charge in [-0.15, -0.1) is 0 Å². The number of carboxylic acids is 1. The molecule has 19 heavy (non-hydrogen) atoms. The molecule has 0 aliphatic carbocycles. The van der Waals surface area contributed by atoms with Crippen LogP contribution in [0.2, 0.25) is 0 Å². The third-order valence-corrected chi connectivity index (χ3v) is 2.18. The SMILES string of the molecule is CCOCCNC(=O)c1cncc(C=CC(=O)O)c1. The molecule has 1 amide bonds. The molecule has 2 N–H and O–H groups in total. The maximum atomic E-state index is 11.8. The summed E-state index contributed by atoms with van der Waals surface area (Å²) in [5, 5.41) is 11.2. The molecule has 0 bridgehead atoms. The Labute approximate surface area is 111 Å². The van der Waals surface area contributed by atoms with Crippen LogP contribution in [0.15, 0.2) is 24.5 Å². The first-order valence-corrected chi connectivity index (χ1v) is 5.85. The van der Waals surface area contributed by atoms with Crippen molar-refractivity contribution in [2.75, 3.05) is 19.8 Å². The fourth-order valence-corrected chi connectivity index (χ4v) is 1.32. The number of ether oxygens (including phenoxy) is 1. The summed E-state index contributed by atoms with van der Waals surface area (Å²) < 4.78 is 5.10. The van der Waals surface area contributed by atoms with Gasteiger partial charge in [0.2, 0.25) is 0 Å². The molecule has 0 saturated carbocycles. The number of carbonyl (C=O) groups excluding carboxylic acids is 1. The van der Waals surface area contributed by atoms with Gasteiger partial charge in [0.25, 0.3) is 5.91 Å². The summed E-state index contributed by atoms with van der Waals surface area (Å²) in [5.74, 6) is -1.32. The van der Waals surface area contributed by atoms with Crippen molar-refractivity contribution in [1.82, 2.24) is 10.3 Å². The Balaban J connectivity index is 2.60. The van der Waals surface area contributed by atoms with E-state index >= 15 is 0 Å². The first-order valence-electron chi connectivity index (χ1n) is 5.85. The van der Waals surface area contributed by atoms with Crippen LogP contribution in [-0.2, 0) is 9.53 Å². The van der Waals surface area contributed by atoms with E-state index in [0.717, 1.165) is 6.08 Å². The molecular weight excluding hydrogens is 248 g/mol. The van der Waals surface area contributed by atoms with Crippen LogP contribution in [-0.4, -0.2) is 41.7 Å². The van der Waals surface area contributed by atoms with Gasteiger partial charge in [-0.3, -0.25) is 9.78 Å². The first-order chi connectivity index (χ1) is 9.13. The second kappa shape index (κ2) is 7.99. The predicted molar refractivity (Wildman–Crippen MR) is 69.7 cm³/mol. The van der Waals surface area contributed by atoms with Crippen molar-refractivity contribution in [1.29, 1.82) is 0 Å². The molecule has 0 aliphatic rings. The molecule has 0 atom stereocenters. The van der Waals surface area contributed by atoms with Crippen LogP contribution in [0.25, 0.3) is 6.08 Å². The average molecular weight is 264 g/mol. The lowest BCUT2D eigenvalue weighted by Crippen LogP contribution is -2.27. The summed E-state index contributed by atoms with van der Waals surface area (Å²) >= 11 is 0. The van der Waals surface area contributed by atoms with Gasteiger partial charge in [0, 0.05) is 31.6 Å². The molecule has 0 radical (unpaired) electrons. The second-order valence-electron chi connectivity index (χ2n) is 3.63. The van der Waals surface area contributed by atoms with Gasteiger partial charge in [0.15, 0.2) is 0 Å². The van der Waals surface area contributed by atoms with Gasteiger partial charge in [-0.05, 0) is 24.6 Å². The summed E-state index contributed by atoms with van der Waals surface area (Å²) in [6.07, 6.45) is 5.28. The zero-order valence-corrected chi connectivity index (χ0v) is 10.6. The highest BCUT2D eigenvalue weighted by molar-refractivity contribution is 5.94. The predicted octanol–water partition coefficient (Wildman–Crippen LogP) is 0.946. The van der Waals surface area contributed by atoms with Crippen LogP contribution in [0.4, 0.5) is 0 Å². The molecular formula is C13H16N2O4. The summed E-state index contributed by atoms with van der Waals surface area (Å²) in [7, 11) is 0. The second-order valence-corrected chi connectivity index (χ2v) is 3.63. The smallest absolute Gasteiger partial charge is 0.328 e. The van der Waals surface area contributed by atoms with Crippen molar-refractivity contribution in [3.05, 3.63) is 35.7 Å². The standard InChI is InChI=1S/C13H16N2O4/c1-2-19-6-5-15-13(18)11-7-10(8-14-9-11)3-4-12(16)17/h3-4,7-9H,2,5-6H2,1H3,(H,15,18)(H,16,17). The van der Waals surface area contributed by atoms with Crippen molar-refractivity contribution in [2.24, 2.45) is 0 Å². The maximum absolute atomic E-state index is 11.8. The Morgan fingerprint density at radius 3 is 2.95 bits per heavy atom. The zero-order chi connectivity index (χ0) is 14.1. The third-order valence-electron chi connectivity index (χ3n) is 2.18. The molecule has 1 aromatic heterocycles. The normalized spacial score (nSPS) is 10.6. The molecule has 102 valence electrons. The van der Waals surface area contributed by atoms with E-state index in [0.29, 0.717) is 30.9 Å². The largest absolute Gasteiger partial charge is 0.478 e. The third kappa shape index (κ3) is 5.78. The van der Waals surface area contributed by atoms with E-state index < -0.39 is 5.97 Å². The molecule has 1 aromatic rings. The van der Waals surface area contributed by atoms with E-state index in [1.54, 1.807) is 6.07 Å².